The molecule has 0 aromatic carbocycles. The molecule has 0 aromatic heterocycles. The molecule has 0 spiro atoms. The Labute approximate surface area is 48.3 Å². The molecule has 4 nitrogen and oxygen atoms in total. The maximum atomic E-state index is 7.94. The van der Waals surface area contributed by atoms with E-state index in [9.17, 15) is 0 Å². The van der Waals surface area contributed by atoms with Crippen molar-refractivity contribution >= 4 is 0 Å². The van der Waals surface area contributed by atoms with Crippen molar-refractivity contribution in [3.05, 3.63) is 10.4 Å². The van der Waals surface area contributed by atoms with Crippen molar-refractivity contribution in [1.82, 2.24) is 0 Å². The molecule has 0 rings (SSSR count). The van der Waals surface area contributed by atoms with E-state index < -0.39 is 5.54 Å². The summed E-state index contributed by atoms with van der Waals surface area (Å²) in [7, 11) is 0. The van der Waals surface area contributed by atoms with Gasteiger partial charge in [0, 0.05) is 11.5 Å². The van der Waals surface area contributed by atoms with Crippen molar-refractivity contribution in [2.45, 2.75) is 19.4 Å². The fourth-order valence-electron chi connectivity index (χ4n) is 0.162. The molecular formula is C4H10N4. The summed E-state index contributed by atoms with van der Waals surface area (Å²) in [6.45, 7) is 3.95. The molecule has 0 aliphatic rings. The molecule has 0 aromatic rings. The normalized spacial score (nSPS) is 10.4. The van der Waals surface area contributed by atoms with Gasteiger partial charge in [0.25, 0.3) is 0 Å². The summed E-state index contributed by atoms with van der Waals surface area (Å²) in [5.74, 6) is 0. The van der Waals surface area contributed by atoms with Gasteiger partial charge in [0.05, 0.1) is 5.54 Å². The molecule has 0 unspecified atom stereocenters. The van der Waals surface area contributed by atoms with Gasteiger partial charge in [0.2, 0.25) is 0 Å². The van der Waals surface area contributed by atoms with Gasteiger partial charge in [-0.1, -0.05) is 19.0 Å². The van der Waals surface area contributed by atoms with E-state index >= 15 is 0 Å². The van der Waals surface area contributed by atoms with Gasteiger partial charge in [-0.25, -0.2) is 0 Å². The van der Waals surface area contributed by atoms with Crippen LogP contribution in [0.4, 0.5) is 0 Å². The molecule has 8 heavy (non-hydrogen) atoms. The highest BCUT2D eigenvalue weighted by atomic mass is 15.2. The molecule has 0 atom stereocenters. The summed E-state index contributed by atoms with van der Waals surface area (Å²) in [6.07, 6.45) is 0. The Morgan fingerprint density at radius 2 is 2.25 bits per heavy atom. The average molecular weight is 114 g/mol. The first-order valence-electron chi connectivity index (χ1n) is 2.39. The van der Waals surface area contributed by atoms with E-state index in [4.69, 9.17) is 11.3 Å². The summed E-state index contributed by atoms with van der Waals surface area (Å²) in [5, 5.41) is 3.43. The Morgan fingerprint density at radius 1 is 1.75 bits per heavy atom. The third-order valence-corrected chi connectivity index (χ3v) is 0.815. The summed E-state index contributed by atoms with van der Waals surface area (Å²) in [6, 6.07) is 0. The Balaban J connectivity index is 3.90. The number of hydrogen-bond donors (Lipinski definition) is 1. The maximum Gasteiger partial charge on any atom is 0.0554 e. The lowest BCUT2D eigenvalue weighted by atomic mass is 10.1. The van der Waals surface area contributed by atoms with Crippen molar-refractivity contribution in [3.63, 3.8) is 0 Å². The lowest BCUT2D eigenvalue weighted by Gasteiger charge is -2.12. The SMILES string of the molecule is CC(C)(CN)N=[N+]=[N-]. The first-order chi connectivity index (χ1) is 3.62. The van der Waals surface area contributed by atoms with Gasteiger partial charge >= 0.3 is 0 Å². The number of nitrogens with zero attached hydrogens (tertiary/aromatic N) is 3. The van der Waals surface area contributed by atoms with E-state index in [-0.39, 0.29) is 0 Å². The highest BCUT2D eigenvalue weighted by molar-refractivity contribution is 4.77. The van der Waals surface area contributed by atoms with Gasteiger partial charge in [0.15, 0.2) is 0 Å². The fourth-order valence-corrected chi connectivity index (χ4v) is 0.162. The molecule has 46 valence electrons. The fraction of sp³-hybridized carbons (Fsp3) is 1.00. The maximum absolute atomic E-state index is 7.94. The highest BCUT2D eigenvalue weighted by Gasteiger charge is 2.10. The molecule has 0 heterocycles. The van der Waals surface area contributed by atoms with E-state index in [1.165, 1.54) is 0 Å². The quantitative estimate of drug-likeness (QED) is 0.325. The van der Waals surface area contributed by atoms with Crippen LogP contribution in [0.3, 0.4) is 0 Å². The van der Waals surface area contributed by atoms with Gasteiger partial charge < -0.3 is 5.73 Å². The van der Waals surface area contributed by atoms with Crippen LogP contribution in [0.2, 0.25) is 0 Å². The summed E-state index contributed by atoms with van der Waals surface area (Å²) < 4.78 is 0. The lowest BCUT2D eigenvalue weighted by Crippen LogP contribution is -2.27. The first-order valence-corrected chi connectivity index (χ1v) is 2.39. The van der Waals surface area contributed by atoms with Crippen LogP contribution in [-0.2, 0) is 0 Å². The summed E-state index contributed by atoms with van der Waals surface area (Å²) >= 11 is 0. The second-order valence-electron chi connectivity index (χ2n) is 2.21. The van der Waals surface area contributed by atoms with Crippen LogP contribution in [-0.4, -0.2) is 12.1 Å². The summed E-state index contributed by atoms with van der Waals surface area (Å²) in [5.41, 5.74) is 12.7. The Kier molecular flexibility index (Phi) is 2.31. The van der Waals surface area contributed by atoms with Crippen molar-refractivity contribution in [3.8, 4) is 0 Å². The van der Waals surface area contributed by atoms with E-state index in [1.807, 2.05) is 0 Å². The van der Waals surface area contributed by atoms with Crippen LogP contribution in [0.1, 0.15) is 13.8 Å². The van der Waals surface area contributed by atoms with Gasteiger partial charge in [0.1, 0.15) is 0 Å². The van der Waals surface area contributed by atoms with E-state index in [0.717, 1.165) is 0 Å². The average Bonchev–Trinajstić information content (AvgIpc) is 1.67. The number of hydrogen-bond acceptors (Lipinski definition) is 2. The van der Waals surface area contributed by atoms with Crippen molar-refractivity contribution in [1.29, 1.82) is 0 Å². The molecule has 0 amide bonds. The molecule has 0 bridgehead atoms. The minimum absolute atomic E-state index is 0.386. The molecule has 0 fully saturated rings. The van der Waals surface area contributed by atoms with Crippen molar-refractivity contribution in [2.75, 3.05) is 6.54 Å². The number of azide groups is 1. The third-order valence-electron chi connectivity index (χ3n) is 0.815. The second-order valence-corrected chi connectivity index (χ2v) is 2.21. The minimum atomic E-state index is -0.422. The molecule has 2 N–H and O–H groups in total. The van der Waals surface area contributed by atoms with Crippen LogP contribution in [0.15, 0.2) is 5.11 Å². The standard InChI is InChI=1S/C4H10N4/c1-4(2,3-5)7-8-6/h3,5H2,1-2H3. The van der Waals surface area contributed by atoms with Gasteiger partial charge in [-0.3, -0.25) is 0 Å². The monoisotopic (exact) mass is 114 g/mol. The molecule has 0 aliphatic heterocycles. The van der Waals surface area contributed by atoms with Gasteiger partial charge in [-0.15, -0.1) is 0 Å². The van der Waals surface area contributed by atoms with E-state index in [0.29, 0.717) is 6.54 Å². The zero-order valence-corrected chi connectivity index (χ0v) is 5.13. The lowest BCUT2D eigenvalue weighted by molar-refractivity contribution is 0.529. The topological polar surface area (TPSA) is 74.8 Å². The molecule has 0 saturated heterocycles. The molecular weight excluding hydrogens is 104 g/mol. The Hall–Kier alpha value is -0.730. The largest absolute Gasteiger partial charge is 0.330 e. The second kappa shape index (κ2) is 2.55. The van der Waals surface area contributed by atoms with Crippen molar-refractivity contribution in [2.24, 2.45) is 10.8 Å². The first kappa shape index (κ1) is 7.27. The van der Waals surface area contributed by atoms with Crippen LogP contribution in [0.25, 0.3) is 10.4 Å². The molecule has 0 saturated carbocycles. The third kappa shape index (κ3) is 2.44. The Bertz CT molecular complexity index is 111. The van der Waals surface area contributed by atoms with E-state index in [1.54, 1.807) is 13.8 Å². The molecule has 0 aliphatic carbocycles. The Morgan fingerprint density at radius 3 is 2.38 bits per heavy atom. The van der Waals surface area contributed by atoms with Gasteiger partial charge in [-0.2, -0.15) is 0 Å². The predicted molar refractivity (Wildman–Crippen MR) is 32.3 cm³/mol. The minimum Gasteiger partial charge on any atom is -0.330 e. The zero-order chi connectivity index (χ0) is 6.62. The smallest absolute Gasteiger partial charge is 0.0554 e. The zero-order valence-electron chi connectivity index (χ0n) is 5.13. The van der Waals surface area contributed by atoms with Gasteiger partial charge in [-0.05, 0) is 5.53 Å². The van der Waals surface area contributed by atoms with Crippen LogP contribution < -0.4 is 5.73 Å². The van der Waals surface area contributed by atoms with Crippen molar-refractivity contribution < 1.29 is 0 Å². The molecule has 0 radical (unpaired) electrons. The number of nitrogens with two attached hydrogens (primary N) is 1. The summed E-state index contributed by atoms with van der Waals surface area (Å²) in [4.78, 5) is 2.62. The number of rotatable bonds is 2. The predicted octanol–water partition coefficient (Wildman–Crippen LogP) is 1.03. The molecule has 4 heteroatoms. The van der Waals surface area contributed by atoms with Crippen LogP contribution in [0.5, 0.6) is 0 Å². The van der Waals surface area contributed by atoms with Crippen LogP contribution in [0, 0.1) is 0 Å². The van der Waals surface area contributed by atoms with E-state index in [2.05, 4.69) is 10.0 Å². The highest BCUT2D eigenvalue weighted by Crippen LogP contribution is 2.04. The van der Waals surface area contributed by atoms with Crippen LogP contribution >= 0.6 is 0 Å².